The predicted molar refractivity (Wildman–Crippen MR) is 144 cm³/mol. The first-order valence-corrected chi connectivity index (χ1v) is 13.6. The van der Waals surface area contributed by atoms with Gasteiger partial charge in [0.25, 0.3) is 5.91 Å². The van der Waals surface area contributed by atoms with Crippen LogP contribution in [-0.4, -0.2) is 60.8 Å². The molecular weight excluding hydrogens is 495 g/mol. The van der Waals surface area contributed by atoms with E-state index in [2.05, 4.69) is 4.90 Å². The van der Waals surface area contributed by atoms with Crippen molar-refractivity contribution in [2.75, 3.05) is 42.6 Å². The number of rotatable bonds is 10. The molecule has 0 saturated carbocycles. The number of thiazole rings is 1. The van der Waals surface area contributed by atoms with E-state index in [1.54, 1.807) is 32.1 Å². The van der Waals surface area contributed by atoms with Gasteiger partial charge in [0.05, 0.1) is 18.9 Å². The molecule has 204 valence electrons. The summed E-state index contributed by atoms with van der Waals surface area (Å²) in [4.78, 5) is 35.6. The Morgan fingerprint density at radius 2 is 1.86 bits per heavy atom. The molecule has 0 radical (unpaired) electrons. The maximum atomic E-state index is 13.9. The molecule has 37 heavy (non-hydrogen) atoms. The van der Waals surface area contributed by atoms with Crippen molar-refractivity contribution in [3.63, 3.8) is 0 Å². The van der Waals surface area contributed by atoms with Crippen LogP contribution in [0.4, 0.5) is 15.2 Å². The van der Waals surface area contributed by atoms with E-state index in [9.17, 15) is 14.0 Å². The molecule has 0 unspecified atom stereocenters. The van der Waals surface area contributed by atoms with E-state index in [1.165, 1.54) is 29.2 Å². The number of aromatic nitrogens is 1. The summed E-state index contributed by atoms with van der Waals surface area (Å²) in [5.74, 6) is -1.78. The van der Waals surface area contributed by atoms with Crippen LogP contribution in [0, 0.1) is 11.7 Å². The van der Waals surface area contributed by atoms with Gasteiger partial charge < -0.3 is 25.0 Å². The fraction of sp³-hybridized carbons (Fsp3) is 0.593. The van der Waals surface area contributed by atoms with Crippen LogP contribution in [0.15, 0.2) is 29.6 Å². The van der Waals surface area contributed by atoms with Gasteiger partial charge in [-0.3, -0.25) is 4.79 Å². The van der Waals surface area contributed by atoms with Gasteiger partial charge in [-0.25, -0.2) is 14.2 Å². The third kappa shape index (κ3) is 7.96. The lowest BCUT2D eigenvalue weighted by Gasteiger charge is -2.35. The number of hydrogen-bond acceptors (Lipinski definition) is 8. The van der Waals surface area contributed by atoms with Crippen molar-refractivity contribution in [2.45, 2.75) is 65.0 Å². The summed E-state index contributed by atoms with van der Waals surface area (Å²) >= 11 is 1.60. The summed E-state index contributed by atoms with van der Waals surface area (Å²) in [5, 5.41) is 2.99. The number of nitrogens with two attached hydrogens (primary N) is 1. The van der Waals surface area contributed by atoms with E-state index in [-0.39, 0.29) is 18.9 Å². The van der Waals surface area contributed by atoms with Crippen LogP contribution >= 0.6 is 11.3 Å². The van der Waals surface area contributed by atoms with Gasteiger partial charge in [-0.1, -0.05) is 13.8 Å². The van der Waals surface area contributed by atoms with Crippen LogP contribution < -0.4 is 15.5 Å². The molecule has 0 aliphatic carbocycles. The second kappa shape index (κ2) is 12.3. The lowest BCUT2D eigenvalue weighted by molar-refractivity contribution is -0.164. The number of halogens is 1. The van der Waals surface area contributed by atoms with Crippen molar-refractivity contribution >= 4 is 34.0 Å². The van der Waals surface area contributed by atoms with Crippen molar-refractivity contribution in [3.8, 4) is 0 Å². The monoisotopic (exact) mass is 534 g/mol. The van der Waals surface area contributed by atoms with E-state index < -0.39 is 28.8 Å². The number of anilines is 2. The van der Waals surface area contributed by atoms with Crippen LogP contribution in [-0.2, 0) is 25.5 Å². The minimum atomic E-state index is -1.88. The number of aryl methyl sites for hydroxylation is 1. The number of nitrogens with zero attached hydrogens (tertiary/aromatic N) is 3. The molecule has 1 aromatic carbocycles. The first-order chi connectivity index (χ1) is 17.4. The molecular formula is C27H39FN4O4S. The molecule has 1 aliphatic heterocycles. The Hall–Kier alpha value is -2.56. The normalized spacial score (nSPS) is 15.9. The minimum absolute atomic E-state index is 0.0369. The number of carbonyl (C=O) groups is 2. The molecule has 0 bridgehead atoms. The Kier molecular flexibility index (Phi) is 9.66. The second-order valence-corrected chi connectivity index (χ2v) is 11.7. The van der Waals surface area contributed by atoms with E-state index in [1.807, 2.05) is 19.2 Å². The number of hydrogen-bond donors (Lipinski definition) is 1. The van der Waals surface area contributed by atoms with Crippen LogP contribution in [0.25, 0.3) is 0 Å². The number of benzene rings is 1. The van der Waals surface area contributed by atoms with Gasteiger partial charge in [-0.15, -0.1) is 11.3 Å². The van der Waals surface area contributed by atoms with Crippen molar-refractivity contribution in [2.24, 2.45) is 11.7 Å². The van der Waals surface area contributed by atoms with Crippen LogP contribution in [0.2, 0.25) is 0 Å². The fourth-order valence-corrected chi connectivity index (χ4v) is 5.12. The first-order valence-electron chi connectivity index (χ1n) is 12.8. The minimum Gasteiger partial charge on any atom is -0.458 e. The molecule has 8 nitrogen and oxygen atoms in total. The molecule has 10 heteroatoms. The Balaban J connectivity index is 1.80. The first kappa shape index (κ1) is 29.0. The van der Waals surface area contributed by atoms with Crippen molar-refractivity contribution in [1.29, 1.82) is 0 Å². The van der Waals surface area contributed by atoms with Gasteiger partial charge in [0.2, 0.25) is 0 Å². The number of morpholine rings is 1. The molecule has 2 heterocycles. The highest BCUT2D eigenvalue weighted by Crippen LogP contribution is 2.27. The predicted octanol–water partition coefficient (Wildman–Crippen LogP) is 4.17. The van der Waals surface area contributed by atoms with Gasteiger partial charge >= 0.3 is 5.97 Å². The Bertz CT molecular complexity index is 1050. The maximum Gasteiger partial charge on any atom is 0.336 e. The molecule has 0 spiro atoms. The molecule has 1 saturated heterocycles. The van der Waals surface area contributed by atoms with Gasteiger partial charge in [0, 0.05) is 30.7 Å². The van der Waals surface area contributed by atoms with Crippen LogP contribution in [0.1, 0.15) is 53.2 Å². The van der Waals surface area contributed by atoms with Crippen molar-refractivity contribution in [1.82, 2.24) is 4.98 Å². The summed E-state index contributed by atoms with van der Waals surface area (Å²) in [5.41, 5.74) is 5.30. The second-order valence-electron chi connectivity index (χ2n) is 10.8. The van der Waals surface area contributed by atoms with E-state index in [0.29, 0.717) is 31.7 Å². The van der Waals surface area contributed by atoms with Crippen LogP contribution in [0.3, 0.4) is 0 Å². The summed E-state index contributed by atoms with van der Waals surface area (Å²) in [6.07, 6.45) is 1.34. The smallest absolute Gasteiger partial charge is 0.336 e. The SMILES string of the molecule is CC(C)C[C@@](N)(C(=O)OC(C)(C)C)C(=O)N(CCCc1csc(N2CCOCC2)n1)c1ccc(F)cc1. The van der Waals surface area contributed by atoms with Crippen molar-refractivity contribution < 1.29 is 23.5 Å². The largest absolute Gasteiger partial charge is 0.458 e. The van der Waals surface area contributed by atoms with Gasteiger partial charge in [-0.2, -0.15) is 0 Å². The number of ether oxygens (including phenoxy) is 2. The summed E-state index contributed by atoms with van der Waals surface area (Å²) in [7, 11) is 0. The third-order valence-electron chi connectivity index (χ3n) is 5.89. The molecule has 1 aliphatic rings. The zero-order chi connectivity index (χ0) is 27.2. The van der Waals surface area contributed by atoms with E-state index in [4.69, 9.17) is 20.2 Å². The highest BCUT2D eigenvalue weighted by atomic mass is 32.1. The Morgan fingerprint density at radius 3 is 2.46 bits per heavy atom. The highest BCUT2D eigenvalue weighted by molar-refractivity contribution is 7.13. The Morgan fingerprint density at radius 1 is 1.22 bits per heavy atom. The average molecular weight is 535 g/mol. The zero-order valence-corrected chi connectivity index (χ0v) is 23.3. The highest BCUT2D eigenvalue weighted by Gasteiger charge is 2.48. The van der Waals surface area contributed by atoms with E-state index in [0.717, 1.165) is 23.9 Å². The number of esters is 1. The Labute approximate surface area is 222 Å². The van der Waals surface area contributed by atoms with Gasteiger partial charge in [-0.05, 0) is 70.2 Å². The summed E-state index contributed by atoms with van der Waals surface area (Å²) in [6, 6.07) is 5.63. The summed E-state index contributed by atoms with van der Waals surface area (Å²) < 4.78 is 24.7. The number of carbonyl (C=O) groups excluding carboxylic acids is 2. The molecule has 2 N–H and O–H groups in total. The van der Waals surface area contributed by atoms with Gasteiger partial charge in [0.15, 0.2) is 10.7 Å². The lowest BCUT2D eigenvalue weighted by atomic mass is 9.87. The molecule has 1 atom stereocenters. The topological polar surface area (TPSA) is 98.0 Å². The molecule has 3 rings (SSSR count). The van der Waals surface area contributed by atoms with Crippen LogP contribution in [0.5, 0.6) is 0 Å². The molecule has 1 fully saturated rings. The standard InChI is InChI=1S/C27H39FN4O4S/c1-19(2)17-27(29,24(34)36-26(3,4)5)23(33)32(22-10-8-20(28)9-11-22)12-6-7-21-18-37-25(30-21)31-13-15-35-16-14-31/h8-11,18-19H,6-7,12-17,29H2,1-5H3/t27-/m0/s1. The average Bonchev–Trinajstić information content (AvgIpc) is 3.30. The number of amides is 1. The van der Waals surface area contributed by atoms with Crippen molar-refractivity contribution in [3.05, 3.63) is 41.2 Å². The van der Waals surface area contributed by atoms with E-state index >= 15 is 0 Å². The molecule has 1 amide bonds. The zero-order valence-electron chi connectivity index (χ0n) is 22.5. The maximum absolute atomic E-state index is 13.9. The third-order valence-corrected chi connectivity index (χ3v) is 6.84. The molecule has 2 aromatic rings. The summed E-state index contributed by atoms with van der Waals surface area (Å²) in [6.45, 7) is 12.3. The lowest BCUT2D eigenvalue weighted by Crippen LogP contribution is -2.63. The quantitative estimate of drug-likeness (QED) is 0.361. The van der Waals surface area contributed by atoms with Gasteiger partial charge in [0.1, 0.15) is 11.4 Å². The molecule has 1 aromatic heterocycles. The fourth-order valence-electron chi connectivity index (χ4n) is 4.21.